The van der Waals surface area contributed by atoms with Gasteiger partial charge in [-0.05, 0) is 75.6 Å². The number of anilines is 6. The fourth-order valence-corrected chi connectivity index (χ4v) is 4.95. The first-order valence-electron chi connectivity index (χ1n) is 13.6. The molecule has 2 fully saturated rings. The summed E-state index contributed by atoms with van der Waals surface area (Å²) in [5, 5.41) is 24.4. The van der Waals surface area contributed by atoms with E-state index in [1.807, 2.05) is 24.3 Å². The smallest absolute Gasteiger partial charge is 0.0835 e. The summed E-state index contributed by atoms with van der Waals surface area (Å²) in [6.45, 7) is 6.34. The number of nitrogen functional groups attached to an aromatic ring is 2. The zero-order chi connectivity index (χ0) is 25.6. The standard InChI is InChI=1S/2C14H23N3O/c2*15-12-6-4-7-13(16-8-5-11-18)14(12)17-9-2-1-3-10-17/h2*4,6-7,16,18H,1-3,5,8-11,15H2. The molecular formula is C28H46N6O2. The molecule has 2 aromatic rings. The Morgan fingerprint density at radius 3 is 1.36 bits per heavy atom. The van der Waals surface area contributed by atoms with Gasteiger partial charge in [0.1, 0.15) is 0 Å². The van der Waals surface area contributed by atoms with Crippen LogP contribution < -0.4 is 31.9 Å². The summed E-state index contributed by atoms with van der Waals surface area (Å²) in [6.07, 6.45) is 9.11. The average Bonchev–Trinajstić information content (AvgIpc) is 2.91. The molecule has 36 heavy (non-hydrogen) atoms. The van der Waals surface area contributed by atoms with Gasteiger partial charge in [0.2, 0.25) is 0 Å². The Hall–Kier alpha value is -2.84. The topological polar surface area (TPSA) is 123 Å². The number of aliphatic hydroxyl groups excluding tert-OH is 2. The van der Waals surface area contributed by atoms with Crippen molar-refractivity contribution in [2.24, 2.45) is 0 Å². The molecule has 2 saturated heterocycles. The second-order valence-electron chi connectivity index (χ2n) is 9.59. The highest BCUT2D eigenvalue weighted by molar-refractivity contribution is 5.83. The maximum absolute atomic E-state index is 8.84. The maximum atomic E-state index is 8.84. The Morgan fingerprint density at radius 1 is 0.611 bits per heavy atom. The summed E-state index contributed by atoms with van der Waals surface area (Å²) in [6, 6.07) is 12.0. The van der Waals surface area contributed by atoms with Crippen molar-refractivity contribution in [2.45, 2.75) is 51.4 Å². The van der Waals surface area contributed by atoms with Gasteiger partial charge in [-0.25, -0.2) is 0 Å². The molecule has 2 heterocycles. The van der Waals surface area contributed by atoms with Crippen LogP contribution in [0, 0.1) is 0 Å². The van der Waals surface area contributed by atoms with Crippen molar-refractivity contribution in [2.75, 3.05) is 84.4 Å². The highest BCUT2D eigenvalue weighted by atomic mass is 16.3. The summed E-state index contributed by atoms with van der Waals surface area (Å²) >= 11 is 0. The largest absolute Gasteiger partial charge is 0.397 e. The normalized spacial score (nSPS) is 15.7. The second kappa shape index (κ2) is 15.3. The van der Waals surface area contributed by atoms with Crippen molar-refractivity contribution >= 4 is 34.1 Å². The lowest BCUT2D eigenvalue weighted by Crippen LogP contribution is -2.30. The summed E-state index contributed by atoms with van der Waals surface area (Å²) in [7, 11) is 0. The van der Waals surface area contributed by atoms with Gasteiger partial charge in [0.25, 0.3) is 0 Å². The van der Waals surface area contributed by atoms with E-state index in [2.05, 4.69) is 32.6 Å². The number of hydrogen-bond acceptors (Lipinski definition) is 8. The minimum Gasteiger partial charge on any atom is -0.397 e. The predicted octanol–water partition coefficient (Wildman–Crippen LogP) is 4.11. The van der Waals surface area contributed by atoms with Crippen molar-refractivity contribution in [3.8, 4) is 0 Å². The minimum atomic E-state index is 0.217. The van der Waals surface area contributed by atoms with Gasteiger partial charge in [-0.1, -0.05) is 12.1 Å². The molecule has 4 rings (SSSR count). The summed E-state index contributed by atoms with van der Waals surface area (Å²) in [5.74, 6) is 0. The lowest BCUT2D eigenvalue weighted by molar-refractivity contribution is 0.292. The van der Waals surface area contributed by atoms with E-state index >= 15 is 0 Å². The van der Waals surface area contributed by atoms with E-state index in [0.29, 0.717) is 0 Å². The van der Waals surface area contributed by atoms with E-state index in [1.165, 1.54) is 38.5 Å². The van der Waals surface area contributed by atoms with Crippen molar-refractivity contribution in [3.63, 3.8) is 0 Å². The van der Waals surface area contributed by atoms with Crippen molar-refractivity contribution < 1.29 is 10.2 Å². The Balaban J connectivity index is 0.000000201. The summed E-state index contributed by atoms with van der Waals surface area (Å²) < 4.78 is 0. The molecule has 0 radical (unpaired) electrons. The van der Waals surface area contributed by atoms with Gasteiger partial charge in [-0.2, -0.15) is 0 Å². The quantitative estimate of drug-likeness (QED) is 0.214. The molecule has 2 aromatic carbocycles. The molecule has 0 aromatic heterocycles. The van der Waals surface area contributed by atoms with Crippen molar-refractivity contribution in [1.82, 2.24) is 0 Å². The van der Waals surface area contributed by atoms with Crippen molar-refractivity contribution in [3.05, 3.63) is 36.4 Å². The third-order valence-electron chi connectivity index (χ3n) is 6.78. The number of nitrogens with two attached hydrogens (primary N) is 2. The van der Waals surface area contributed by atoms with E-state index in [9.17, 15) is 0 Å². The first-order valence-corrected chi connectivity index (χ1v) is 13.6. The first-order chi connectivity index (χ1) is 17.7. The third-order valence-corrected chi connectivity index (χ3v) is 6.78. The zero-order valence-electron chi connectivity index (χ0n) is 21.7. The van der Waals surface area contributed by atoms with Gasteiger partial charge < -0.3 is 42.1 Å². The van der Waals surface area contributed by atoms with Gasteiger partial charge in [-0.15, -0.1) is 0 Å². The number of hydrogen-bond donors (Lipinski definition) is 6. The third kappa shape index (κ3) is 8.10. The number of rotatable bonds is 10. The average molecular weight is 499 g/mol. The molecule has 0 amide bonds. The Labute approximate surface area is 216 Å². The van der Waals surface area contributed by atoms with E-state index in [1.54, 1.807) is 0 Å². The van der Waals surface area contributed by atoms with Gasteiger partial charge in [0, 0.05) is 52.5 Å². The van der Waals surface area contributed by atoms with Gasteiger partial charge >= 0.3 is 0 Å². The lowest BCUT2D eigenvalue weighted by atomic mass is 10.1. The van der Waals surface area contributed by atoms with Crippen LogP contribution in [0.15, 0.2) is 36.4 Å². The van der Waals surface area contributed by atoms with Crippen LogP contribution in [0.25, 0.3) is 0 Å². The highest BCUT2D eigenvalue weighted by Crippen LogP contribution is 2.35. The van der Waals surface area contributed by atoms with E-state index in [4.69, 9.17) is 21.7 Å². The SMILES string of the molecule is Nc1cccc(NCCCO)c1N1CCCCC1.Nc1cccc(NCCCO)c1N1CCCCC1. The van der Waals surface area contributed by atoms with Crippen LogP contribution in [0.5, 0.6) is 0 Å². The Kier molecular flexibility index (Phi) is 11.8. The fraction of sp³-hybridized carbons (Fsp3) is 0.571. The number of nitrogens with zero attached hydrogens (tertiary/aromatic N) is 2. The minimum absolute atomic E-state index is 0.217. The second-order valence-corrected chi connectivity index (χ2v) is 9.59. The van der Waals surface area contributed by atoms with Crippen LogP contribution >= 0.6 is 0 Å². The van der Waals surface area contributed by atoms with E-state index in [-0.39, 0.29) is 13.2 Å². The summed E-state index contributed by atoms with van der Waals surface area (Å²) in [4.78, 5) is 4.75. The van der Waals surface area contributed by atoms with Gasteiger partial charge in [0.15, 0.2) is 0 Å². The first kappa shape index (κ1) is 27.7. The number of para-hydroxylation sites is 2. The molecule has 200 valence electrons. The summed E-state index contributed by atoms with van der Waals surface area (Å²) in [5.41, 5.74) is 18.4. The van der Waals surface area contributed by atoms with Crippen LogP contribution in [-0.4, -0.2) is 62.7 Å². The Morgan fingerprint density at radius 2 is 1.00 bits per heavy atom. The predicted molar refractivity (Wildman–Crippen MR) is 154 cm³/mol. The molecule has 0 bridgehead atoms. The van der Waals surface area contributed by atoms with E-state index in [0.717, 1.165) is 86.2 Å². The van der Waals surface area contributed by atoms with Gasteiger partial charge in [-0.3, -0.25) is 0 Å². The van der Waals surface area contributed by atoms with Crippen molar-refractivity contribution in [1.29, 1.82) is 0 Å². The highest BCUT2D eigenvalue weighted by Gasteiger charge is 2.18. The molecule has 0 spiro atoms. The fourth-order valence-electron chi connectivity index (χ4n) is 4.95. The van der Waals surface area contributed by atoms with E-state index < -0.39 is 0 Å². The Bertz CT molecular complexity index is 824. The molecule has 8 N–H and O–H groups in total. The van der Waals surface area contributed by atoms with Crippen LogP contribution in [0.3, 0.4) is 0 Å². The number of benzene rings is 2. The molecule has 2 aliphatic rings. The lowest BCUT2D eigenvalue weighted by Gasteiger charge is -2.31. The molecular weight excluding hydrogens is 452 g/mol. The maximum Gasteiger partial charge on any atom is 0.0835 e. The molecule has 0 aliphatic carbocycles. The zero-order valence-corrected chi connectivity index (χ0v) is 21.7. The number of nitrogens with one attached hydrogen (secondary N) is 2. The molecule has 0 atom stereocenters. The molecule has 0 saturated carbocycles. The van der Waals surface area contributed by atoms with Crippen LogP contribution in [0.2, 0.25) is 0 Å². The number of piperidine rings is 2. The molecule has 0 unspecified atom stereocenters. The number of aliphatic hydroxyl groups is 2. The van der Waals surface area contributed by atoms with Gasteiger partial charge in [0.05, 0.1) is 34.1 Å². The monoisotopic (exact) mass is 498 g/mol. The molecule has 2 aliphatic heterocycles. The van der Waals surface area contributed by atoms with Crippen LogP contribution in [-0.2, 0) is 0 Å². The molecule has 8 nitrogen and oxygen atoms in total. The molecule has 8 heteroatoms. The van der Waals surface area contributed by atoms with Crippen LogP contribution in [0.1, 0.15) is 51.4 Å². The van der Waals surface area contributed by atoms with Crippen LogP contribution in [0.4, 0.5) is 34.1 Å².